The molecule has 1 atom stereocenters. The molecule has 1 saturated heterocycles. The summed E-state index contributed by atoms with van der Waals surface area (Å²) >= 11 is 0. The van der Waals surface area contributed by atoms with Crippen molar-refractivity contribution < 1.29 is 24.2 Å². The number of carbonyl (C=O) groups excluding carboxylic acids is 1. The van der Waals surface area contributed by atoms with E-state index < -0.39 is 6.10 Å². The van der Waals surface area contributed by atoms with Crippen molar-refractivity contribution in [2.45, 2.75) is 6.10 Å². The fourth-order valence-corrected chi connectivity index (χ4v) is 1.86. The Labute approximate surface area is 121 Å². The SMILES string of the molecule is COc1cc(/C(N)=N/O)ccc1NC(=O)C1COCCO1. The number of methoxy groups -OCH3 is 1. The van der Waals surface area contributed by atoms with Gasteiger partial charge in [-0.05, 0) is 18.2 Å². The number of anilines is 1. The largest absolute Gasteiger partial charge is 0.495 e. The number of benzene rings is 1. The van der Waals surface area contributed by atoms with Crippen molar-refractivity contribution >= 4 is 17.4 Å². The first-order valence-electron chi connectivity index (χ1n) is 6.32. The molecule has 1 aliphatic heterocycles. The first-order valence-corrected chi connectivity index (χ1v) is 6.32. The minimum absolute atomic E-state index is 0.0461. The van der Waals surface area contributed by atoms with Crippen LogP contribution in [0.2, 0.25) is 0 Å². The molecule has 1 aromatic rings. The lowest BCUT2D eigenvalue weighted by atomic mass is 10.1. The van der Waals surface area contributed by atoms with Gasteiger partial charge in [0.05, 0.1) is 32.6 Å². The zero-order valence-corrected chi connectivity index (χ0v) is 11.5. The lowest BCUT2D eigenvalue weighted by Gasteiger charge is -2.22. The van der Waals surface area contributed by atoms with E-state index >= 15 is 0 Å². The summed E-state index contributed by atoms with van der Waals surface area (Å²) < 4.78 is 15.7. The van der Waals surface area contributed by atoms with Crippen molar-refractivity contribution in [1.29, 1.82) is 0 Å². The number of hydrogen-bond donors (Lipinski definition) is 3. The van der Waals surface area contributed by atoms with Crippen molar-refractivity contribution in [3.05, 3.63) is 23.8 Å². The summed E-state index contributed by atoms with van der Waals surface area (Å²) in [6.07, 6.45) is -0.646. The molecule has 1 aliphatic rings. The third-order valence-electron chi connectivity index (χ3n) is 2.97. The van der Waals surface area contributed by atoms with Gasteiger partial charge in [0, 0.05) is 5.56 Å². The van der Waals surface area contributed by atoms with Crippen LogP contribution in [-0.4, -0.2) is 50.0 Å². The van der Waals surface area contributed by atoms with E-state index in [4.69, 9.17) is 25.2 Å². The molecule has 0 radical (unpaired) electrons. The number of ether oxygens (including phenoxy) is 3. The Morgan fingerprint density at radius 3 is 2.95 bits per heavy atom. The molecule has 8 nitrogen and oxygen atoms in total. The summed E-state index contributed by atoms with van der Waals surface area (Å²) in [5, 5.41) is 14.3. The van der Waals surface area contributed by atoms with Gasteiger partial charge in [-0.25, -0.2) is 0 Å². The van der Waals surface area contributed by atoms with Crippen molar-refractivity contribution in [1.82, 2.24) is 0 Å². The smallest absolute Gasteiger partial charge is 0.256 e. The minimum Gasteiger partial charge on any atom is -0.495 e. The average Bonchev–Trinajstić information content (AvgIpc) is 2.55. The van der Waals surface area contributed by atoms with Gasteiger partial charge >= 0.3 is 0 Å². The van der Waals surface area contributed by atoms with Gasteiger partial charge in [0.25, 0.3) is 5.91 Å². The standard InChI is InChI=1S/C13H17N3O5/c1-19-10-6-8(12(14)16-18)2-3-9(10)15-13(17)11-7-20-4-5-21-11/h2-3,6,11,18H,4-5,7H2,1H3,(H2,14,16)(H,15,17). The number of nitrogens with zero attached hydrogens (tertiary/aromatic N) is 1. The minimum atomic E-state index is -0.646. The van der Waals surface area contributed by atoms with E-state index in [1.807, 2.05) is 0 Å². The summed E-state index contributed by atoms with van der Waals surface area (Å²) in [4.78, 5) is 12.1. The fraction of sp³-hybridized carbons (Fsp3) is 0.385. The number of amidine groups is 1. The molecule has 1 aromatic carbocycles. The predicted molar refractivity (Wildman–Crippen MR) is 74.7 cm³/mol. The van der Waals surface area contributed by atoms with Crippen LogP contribution in [0.15, 0.2) is 23.4 Å². The van der Waals surface area contributed by atoms with E-state index in [0.29, 0.717) is 30.2 Å². The highest BCUT2D eigenvalue weighted by molar-refractivity contribution is 6.00. The molecule has 4 N–H and O–H groups in total. The average molecular weight is 295 g/mol. The van der Waals surface area contributed by atoms with Gasteiger partial charge in [0.2, 0.25) is 0 Å². The van der Waals surface area contributed by atoms with Crippen molar-refractivity contribution in [3.63, 3.8) is 0 Å². The van der Waals surface area contributed by atoms with Crippen molar-refractivity contribution in [3.8, 4) is 5.75 Å². The number of oxime groups is 1. The van der Waals surface area contributed by atoms with Crippen LogP contribution >= 0.6 is 0 Å². The van der Waals surface area contributed by atoms with Gasteiger partial charge in [-0.15, -0.1) is 0 Å². The van der Waals surface area contributed by atoms with E-state index in [2.05, 4.69) is 10.5 Å². The molecule has 114 valence electrons. The third-order valence-corrected chi connectivity index (χ3v) is 2.97. The number of carbonyl (C=O) groups is 1. The Balaban J connectivity index is 2.13. The van der Waals surface area contributed by atoms with Gasteiger partial charge < -0.3 is 30.5 Å². The van der Waals surface area contributed by atoms with Crippen LogP contribution in [0.3, 0.4) is 0 Å². The van der Waals surface area contributed by atoms with E-state index in [-0.39, 0.29) is 18.3 Å². The Kier molecular flexibility index (Phi) is 4.96. The number of hydrogen-bond acceptors (Lipinski definition) is 6. The van der Waals surface area contributed by atoms with E-state index in [9.17, 15) is 4.79 Å². The normalized spacial score (nSPS) is 19.1. The van der Waals surface area contributed by atoms with Crippen LogP contribution in [0, 0.1) is 0 Å². The van der Waals surface area contributed by atoms with Crippen LogP contribution in [0.5, 0.6) is 5.75 Å². The molecule has 0 spiro atoms. The Morgan fingerprint density at radius 2 is 2.33 bits per heavy atom. The van der Waals surface area contributed by atoms with Gasteiger partial charge in [0.1, 0.15) is 5.75 Å². The quantitative estimate of drug-likeness (QED) is 0.315. The molecule has 8 heteroatoms. The Morgan fingerprint density at radius 1 is 1.52 bits per heavy atom. The predicted octanol–water partition coefficient (Wildman–Crippen LogP) is 0.144. The maximum absolute atomic E-state index is 12.1. The van der Waals surface area contributed by atoms with Gasteiger partial charge in [-0.2, -0.15) is 0 Å². The van der Waals surface area contributed by atoms with Gasteiger partial charge in [-0.3, -0.25) is 4.79 Å². The van der Waals surface area contributed by atoms with Crippen molar-refractivity contribution in [2.24, 2.45) is 10.9 Å². The fourth-order valence-electron chi connectivity index (χ4n) is 1.86. The zero-order valence-electron chi connectivity index (χ0n) is 11.5. The molecule has 0 aliphatic carbocycles. The first kappa shape index (κ1) is 15.1. The number of nitrogens with one attached hydrogen (secondary N) is 1. The molecule has 0 aromatic heterocycles. The van der Waals surface area contributed by atoms with Crippen LogP contribution in [0.4, 0.5) is 5.69 Å². The van der Waals surface area contributed by atoms with E-state index in [1.54, 1.807) is 18.2 Å². The first-order chi connectivity index (χ1) is 10.2. The maximum atomic E-state index is 12.1. The number of rotatable bonds is 4. The highest BCUT2D eigenvalue weighted by Crippen LogP contribution is 2.26. The molecule has 2 rings (SSSR count). The van der Waals surface area contributed by atoms with Crippen LogP contribution in [-0.2, 0) is 14.3 Å². The summed E-state index contributed by atoms with van der Waals surface area (Å²) in [5.74, 6) is 0.0314. The Bertz CT molecular complexity index is 541. The lowest BCUT2D eigenvalue weighted by molar-refractivity contribution is -0.142. The molecule has 21 heavy (non-hydrogen) atoms. The molecular formula is C13H17N3O5. The summed E-state index contributed by atoms with van der Waals surface area (Å²) in [6, 6.07) is 4.77. The third kappa shape index (κ3) is 3.61. The summed E-state index contributed by atoms with van der Waals surface area (Å²) in [5.41, 5.74) is 6.45. The van der Waals surface area contributed by atoms with E-state index in [1.165, 1.54) is 7.11 Å². The molecular weight excluding hydrogens is 278 g/mol. The number of amides is 1. The topological polar surface area (TPSA) is 115 Å². The molecule has 1 fully saturated rings. The second-order valence-corrected chi connectivity index (χ2v) is 4.32. The summed E-state index contributed by atoms with van der Waals surface area (Å²) in [7, 11) is 1.46. The second-order valence-electron chi connectivity index (χ2n) is 4.32. The molecule has 1 heterocycles. The van der Waals surface area contributed by atoms with Crippen molar-refractivity contribution in [2.75, 3.05) is 32.2 Å². The number of nitrogens with two attached hydrogens (primary N) is 1. The highest BCUT2D eigenvalue weighted by atomic mass is 16.6. The molecule has 1 amide bonds. The molecule has 1 unspecified atom stereocenters. The van der Waals surface area contributed by atoms with Crippen LogP contribution < -0.4 is 15.8 Å². The maximum Gasteiger partial charge on any atom is 0.256 e. The monoisotopic (exact) mass is 295 g/mol. The van der Waals surface area contributed by atoms with Crippen LogP contribution in [0.1, 0.15) is 5.56 Å². The second kappa shape index (κ2) is 6.91. The molecule has 0 saturated carbocycles. The van der Waals surface area contributed by atoms with Gasteiger partial charge in [-0.1, -0.05) is 5.16 Å². The lowest BCUT2D eigenvalue weighted by Crippen LogP contribution is -2.39. The van der Waals surface area contributed by atoms with Gasteiger partial charge in [0.15, 0.2) is 11.9 Å². The molecule has 0 bridgehead atoms. The Hall–Kier alpha value is -2.32. The van der Waals surface area contributed by atoms with E-state index in [0.717, 1.165) is 0 Å². The van der Waals surface area contributed by atoms with Crippen LogP contribution in [0.25, 0.3) is 0 Å². The zero-order chi connectivity index (χ0) is 15.2. The summed E-state index contributed by atoms with van der Waals surface area (Å²) in [6.45, 7) is 1.09. The highest BCUT2D eigenvalue weighted by Gasteiger charge is 2.23.